The molecule has 0 radical (unpaired) electrons. The molecule has 0 amide bonds. The number of ether oxygens (including phenoxy) is 2. The molecule has 17 heavy (non-hydrogen) atoms. The molecule has 0 aromatic heterocycles. The molecule has 0 bridgehead atoms. The van der Waals surface area contributed by atoms with Crippen molar-refractivity contribution in [2.45, 2.75) is 6.10 Å². The summed E-state index contributed by atoms with van der Waals surface area (Å²) < 4.78 is 10.8. The number of hydrogen-bond acceptors (Lipinski definition) is 5. The van der Waals surface area contributed by atoms with E-state index in [1.165, 1.54) is 7.05 Å². The van der Waals surface area contributed by atoms with E-state index in [9.17, 15) is 10.0 Å². The van der Waals surface area contributed by atoms with Gasteiger partial charge in [0.1, 0.15) is 13.2 Å². The summed E-state index contributed by atoms with van der Waals surface area (Å²) in [4.78, 5) is 10.2. The van der Waals surface area contributed by atoms with Crippen LogP contribution in [0.25, 0.3) is 0 Å². The van der Waals surface area contributed by atoms with Gasteiger partial charge in [0.2, 0.25) is 0 Å². The highest BCUT2D eigenvalue weighted by molar-refractivity contribution is 5.44. The number of nitrogens with zero attached hydrogens (tertiary/aromatic N) is 2. The SMILES string of the molecule is CN(CC(O)c1ccc2c(c1)OCCO2)N=O. The molecule has 1 N–H and O–H groups in total. The van der Waals surface area contributed by atoms with Gasteiger partial charge in [0.15, 0.2) is 11.5 Å². The summed E-state index contributed by atoms with van der Waals surface area (Å²) in [5.74, 6) is 1.29. The molecule has 1 aliphatic heterocycles. The minimum absolute atomic E-state index is 0.142. The topological polar surface area (TPSA) is 71.4 Å². The van der Waals surface area contributed by atoms with Gasteiger partial charge in [-0.05, 0) is 17.7 Å². The van der Waals surface area contributed by atoms with Crippen LogP contribution in [0.1, 0.15) is 11.7 Å². The highest BCUT2D eigenvalue weighted by Gasteiger charge is 2.16. The first-order chi connectivity index (χ1) is 8.20. The predicted octanol–water partition coefficient (Wildman–Crippen LogP) is 1.10. The van der Waals surface area contributed by atoms with Gasteiger partial charge in [-0.3, -0.25) is 5.01 Å². The lowest BCUT2D eigenvalue weighted by Crippen LogP contribution is -2.20. The zero-order valence-electron chi connectivity index (χ0n) is 9.50. The highest BCUT2D eigenvalue weighted by Crippen LogP contribution is 2.32. The van der Waals surface area contributed by atoms with Gasteiger partial charge in [-0.25, -0.2) is 0 Å². The standard InChI is InChI=1S/C11H14N2O4/c1-13(12-15)7-9(14)8-2-3-10-11(6-8)17-5-4-16-10/h2-3,6,9,14H,4-5,7H2,1H3. The third-order valence-corrected chi connectivity index (χ3v) is 2.53. The van der Waals surface area contributed by atoms with E-state index in [-0.39, 0.29) is 6.54 Å². The Morgan fingerprint density at radius 2 is 2.12 bits per heavy atom. The average molecular weight is 238 g/mol. The second kappa shape index (κ2) is 5.01. The number of aliphatic hydroxyl groups excluding tert-OH is 1. The molecular formula is C11H14N2O4. The van der Waals surface area contributed by atoms with Crippen molar-refractivity contribution < 1.29 is 14.6 Å². The van der Waals surface area contributed by atoms with Crippen LogP contribution in [-0.4, -0.2) is 36.9 Å². The normalized spacial score (nSPS) is 15.2. The first-order valence-corrected chi connectivity index (χ1v) is 5.32. The fourth-order valence-electron chi connectivity index (χ4n) is 1.66. The first-order valence-electron chi connectivity index (χ1n) is 5.32. The Hall–Kier alpha value is -1.82. The van der Waals surface area contributed by atoms with Crippen LogP contribution in [0.2, 0.25) is 0 Å². The highest BCUT2D eigenvalue weighted by atomic mass is 16.6. The van der Waals surface area contributed by atoms with Gasteiger partial charge < -0.3 is 14.6 Å². The zero-order valence-corrected chi connectivity index (χ0v) is 9.50. The fourth-order valence-corrected chi connectivity index (χ4v) is 1.66. The summed E-state index contributed by atoms with van der Waals surface area (Å²) in [6.07, 6.45) is -0.784. The summed E-state index contributed by atoms with van der Waals surface area (Å²) in [7, 11) is 1.51. The lowest BCUT2D eigenvalue weighted by atomic mass is 10.1. The first kappa shape index (κ1) is 11.7. The zero-order chi connectivity index (χ0) is 12.3. The second-order valence-corrected chi connectivity index (χ2v) is 3.84. The minimum atomic E-state index is -0.784. The fraction of sp³-hybridized carbons (Fsp3) is 0.455. The summed E-state index contributed by atoms with van der Waals surface area (Å²) in [5.41, 5.74) is 0.671. The van der Waals surface area contributed by atoms with Crippen LogP contribution in [0.4, 0.5) is 0 Å². The van der Waals surface area contributed by atoms with Gasteiger partial charge in [-0.15, -0.1) is 4.91 Å². The Morgan fingerprint density at radius 1 is 1.41 bits per heavy atom. The Kier molecular flexibility index (Phi) is 3.43. The van der Waals surface area contributed by atoms with Crippen molar-refractivity contribution in [1.29, 1.82) is 0 Å². The molecule has 6 heteroatoms. The molecule has 0 spiro atoms. The molecule has 92 valence electrons. The number of rotatable bonds is 4. The van der Waals surface area contributed by atoms with Gasteiger partial charge in [0.05, 0.1) is 17.9 Å². The Bertz CT molecular complexity index is 410. The monoisotopic (exact) mass is 238 g/mol. The van der Waals surface area contributed by atoms with Crippen molar-refractivity contribution in [2.75, 3.05) is 26.8 Å². The largest absolute Gasteiger partial charge is 0.486 e. The van der Waals surface area contributed by atoms with Crippen molar-refractivity contribution in [3.63, 3.8) is 0 Å². The van der Waals surface area contributed by atoms with Crippen LogP contribution >= 0.6 is 0 Å². The van der Waals surface area contributed by atoms with Crippen molar-refractivity contribution in [3.8, 4) is 11.5 Å². The Balaban J connectivity index is 2.13. The van der Waals surface area contributed by atoms with E-state index in [4.69, 9.17) is 9.47 Å². The van der Waals surface area contributed by atoms with Crippen LogP contribution in [0.15, 0.2) is 23.5 Å². The van der Waals surface area contributed by atoms with Gasteiger partial charge in [0.25, 0.3) is 0 Å². The number of hydrogen-bond donors (Lipinski definition) is 1. The number of fused-ring (bicyclic) bond motifs is 1. The molecule has 1 aromatic rings. The number of aliphatic hydroxyl groups is 1. The number of likely N-dealkylation sites (N-methyl/N-ethyl adjacent to an activating group) is 1. The van der Waals surface area contributed by atoms with Gasteiger partial charge >= 0.3 is 0 Å². The van der Waals surface area contributed by atoms with E-state index in [1.807, 2.05) is 0 Å². The van der Waals surface area contributed by atoms with E-state index < -0.39 is 6.10 Å². The molecule has 0 saturated carbocycles. The molecular weight excluding hydrogens is 224 g/mol. The summed E-state index contributed by atoms with van der Waals surface area (Å²) in [6.45, 7) is 1.18. The van der Waals surface area contributed by atoms with Crippen molar-refractivity contribution in [3.05, 3.63) is 28.7 Å². The van der Waals surface area contributed by atoms with Gasteiger partial charge in [-0.1, -0.05) is 6.07 Å². The van der Waals surface area contributed by atoms with Crippen molar-refractivity contribution in [1.82, 2.24) is 5.01 Å². The molecule has 1 aliphatic rings. The number of benzene rings is 1. The third-order valence-electron chi connectivity index (χ3n) is 2.53. The quantitative estimate of drug-likeness (QED) is 0.628. The second-order valence-electron chi connectivity index (χ2n) is 3.84. The maximum Gasteiger partial charge on any atom is 0.161 e. The maximum atomic E-state index is 10.2. The van der Waals surface area contributed by atoms with Crippen LogP contribution < -0.4 is 9.47 Å². The van der Waals surface area contributed by atoms with E-state index >= 15 is 0 Å². The van der Waals surface area contributed by atoms with E-state index in [2.05, 4.69) is 5.29 Å². The molecule has 2 rings (SSSR count). The van der Waals surface area contributed by atoms with Crippen molar-refractivity contribution >= 4 is 0 Å². The van der Waals surface area contributed by atoms with Crippen LogP contribution in [0.3, 0.4) is 0 Å². The van der Waals surface area contributed by atoms with Gasteiger partial charge in [0, 0.05) is 7.05 Å². The van der Waals surface area contributed by atoms with Crippen LogP contribution in [0, 0.1) is 4.91 Å². The Labute approximate surface area is 98.7 Å². The van der Waals surface area contributed by atoms with Crippen LogP contribution in [0.5, 0.6) is 11.5 Å². The molecule has 0 saturated heterocycles. The molecule has 6 nitrogen and oxygen atoms in total. The molecule has 1 aromatic carbocycles. The predicted molar refractivity (Wildman–Crippen MR) is 60.8 cm³/mol. The summed E-state index contributed by atoms with van der Waals surface area (Å²) >= 11 is 0. The number of nitroso groups, excluding NO2 is 1. The van der Waals surface area contributed by atoms with E-state index in [0.29, 0.717) is 30.3 Å². The minimum Gasteiger partial charge on any atom is -0.486 e. The van der Waals surface area contributed by atoms with Crippen molar-refractivity contribution in [2.24, 2.45) is 5.29 Å². The van der Waals surface area contributed by atoms with Gasteiger partial charge in [-0.2, -0.15) is 0 Å². The third kappa shape index (κ3) is 2.65. The lowest BCUT2D eigenvalue weighted by Gasteiger charge is -2.21. The molecule has 1 heterocycles. The smallest absolute Gasteiger partial charge is 0.161 e. The summed E-state index contributed by atoms with van der Waals surface area (Å²) in [5, 5.41) is 13.7. The molecule has 1 atom stereocenters. The molecule has 0 fully saturated rings. The molecule has 0 aliphatic carbocycles. The van der Waals surface area contributed by atoms with Crippen LogP contribution in [-0.2, 0) is 0 Å². The average Bonchev–Trinajstić information content (AvgIpc) is 2.38. The lowest BCUT2D eigenvalue weighted by molar-refractivity contribution is 0.126. The maximum absolute atomic E-state index is 10.2. The summed E-state index contributed by atoms with van der Waals surface area (Å²) in [6, 6.07) is 5.22. The molecule has 1 unspecified atom stereocenters. The Morgan fingerprint density at radius 3 is 2.82 bits per heavy atom. The van der Waals surface area contributed by atoms with E-state index in [0.717, 1.165) is 5.01 Å². The van der Waals surface area contributed by atoms with E-state index in [1.54, 1.807) is 18.2 Å².